The maximum absolute atomic E-state index is 12.7. The Bertz CT molecular complexity index is 800. The standard InChI is InChI=1S/C15H26N4O4S2/c1-13-16-15(12-17(13)2)25(22,23)19-9-7-18(8-10-19)24(20,21)11-6-14-4-3-5-14/h12,14H,3-11H2,1-2H3. The van der Waals surface area contributed by atoms with Crippen LogP contribution in [0.3, 0.4) is 0 Å². The molecular formula is C15H26N4O4S2. The molecule has 1 saturated carbocycles. The van der Waals surface area contributed by atoms with Crippen LogP contribution in [0.5, 0.6) is 0 Å². The molecule has 2 fully saturated rings. The van der Waals surface area contributed by atoms with Gasteiger partial charge in [0.25, 0.3) is 10.0 Å². The van der Waals surface area contributed by atoms with Crippen molar-refractivity contribution in [2.24, 2.45) is 13.0 Å². The second kappa shape index (κ2) is 6.98. The van der Waals surface area contributed by atoms with Gasteiger partial charge in [0.15, 0.2) is 5.03 Å². The molecule has 0 unspecified atom stereocenters. The van der Waals surface area contributed by atoms with Crippen LogP contribution in [0, 0.1) is 12.8 Å². The number of imidazole rings is 1. The topological polar surface area (TPSA) is 92.6 Å². The largest absolute Gasteiger partial charge is 0.337 e. The van der Waals surface area contributed by atoms with Crippen molar-refractivity contribution in [3.8, 4) is 0 Å². The summed E-state index contributed by atoms with van der Waals surface area (Å²) in [6, 6.07) is 0. The molecular weight excluding hydrogens is 364 g/mol. The number of sulfonamides is 2. The molecule has 10 heteroatoms. The van der Waals surface area contributed by atoms with Gasteiger partial charge in [-0.3, -0.25) is 0 Å². The third-order valence-corrected chi connectivity index (χ3v) is 8.96. The van der Waals surface area contributed by atoms with E-state index in [1.165, 1.54) is 21.2 Å². The van der Waals surface area contributed by atoms with Gasteiger partial charge in [0.2, 0.25) is 10.0 Å². The number of aryl methyl sites for hydroxylation is 2. The number of nitrogens with zero attached hydrogens (tertiary/aromatic N) is 4. The van der Waals surface area contributed by atoms with Crippen molar-refractivity contribution in [3.05, 3.63) is 12.0 Å². The van der Waals surface area contributed by atoms with Gasteiger partial charge in [-0.05, 0) is 19.3 Å². The fraction of sp³-hybridized carbons (Fsp3) is 0.800. The first-order chi connectivity index (χ1) is 11.7. The molecule has 1 aliphatic carbocycles. The van der Waals surface area contributed by atoms with Gasteiger partial charge >= 0.3 is 0 Å². The van der Waals surface area contributed by atoms with Crippen molar-refractivity contribution in [2.75, 3.05) is 31.9 Å². The summed E-state index contributed by atoms with van der Waals surface area (Å²) in [5.41, 5.74) is 0. The number of aromatic nitrogens is 2. The molecule has 8 nitrogen and oxygen atoms in total. The van der Waals surface area contributed by atoms with Gasteiger partial charge < -0.3 is 4.57 Å². The monoisotopic (exact) mass is 390 g/mol. The maximum Gasteiger partial charge on any atom is 0.262 e. The molecule has 0 amide bonds. The van der Waals surface area contributed by atoms with Gasteiger partial charge in [0.05, 0.1) is 5.75 Å². The highest BCUT2D eigenvalue weighted by Gasteiger charge is 2.34. The molecule has 1 aliphatic heterocycles. The van der Waals surface area contributed by atoms with Crippen LogP contribution in [0.15, 0.2) is 11.2 Å². The van der Waals surface area contributed by atoms with Gasteiger partial charge in [-0.2, -0.15) is 8.61 Å². The average molecular weight is 391 g/mol. The Hall–Kier alpha value is -0.970. The lowest BCUT2D eigenvalue weighted by atomic mass is 9.84. The summed E-state index contributed by atoms with van der Waals surface area (Å²) in [4.78, 5) is 4.09. The first kappa shape index (κ1) is 18.8. The molecule has 1 saturated heterocycles. The van der Waals surface area contributed by atoms with Crippen molar-refractivity contribution in [2.45, 2.75) is 37.6 Å². The quantitative estimate of drug-likeness (QED) is 0.707. The normalized spacial score (nSPS) is 21.4. The molecule has 0 spiro atoms. The predicted molar refractivity (Wildman–Crippen MR) is 94.0 cm³/mol. The zero-order valence-corrected chi connectivity index (χ0v) is 16.4. The van der Waals surface area contributed by atoms with Crippen LogP contribution in [-0.2, 0) is 27.1 Å². The first-order valence-electron chi connectivity index (χ1n) is 8.68. The molecule has 25 heavy (non-hydrogen) atoms. The van der Waals surface area contributed by atoms with Gasteiger partial charge in [0, 0.05) is 39.4 Å². The lowest BCUT2D eigenvalue weighted by Gasteiger charge is -2.33. The lowest BCUT2D eigenvalue weighted by molar-refractivity contribution is 0.268. The molecule has 2 heterocycles. The molecule has 1 aromatic heterocycles. The minimum Gasteiger partial charge on any atom is -0.337 e. The molecule has 0 atom stereocenters. The van der Waals surface area contributed by atoms with E-state index in [0.717, 1.165) is 12.8 Å². The van der Waals surface area contributed by atoms with Gasteiger partial charge in [0.1, 0.15) is 5.82 Å². The van der Waals surface area contributed by atoms with Gasteiger partial charge in [-0.15, -0.1) is 0 Å². The molecule has 3 rings (SSSR count). The van der Waals surface area contributed by atoms with E-state index in [1.54, 1.807) is 18.5 Å². The van der Waals surface area contributed by atoms with Crippen molar-refractivity contribution >= 4 is 20.0 Å². The van der Waals surface area contributed by atoms with Gasteiger partial charge in [-0.25, -0.2) is 21.8 Å². The van der Waals surface area contributed by atoms with E-state index in [2.05, 4.69) is 4.98 Å². The molecule has 2 aliphatic rings. The highest BCUT2D eigenvalue weighted by atomic mass is 32.2. The van der Waals surface area contributed by atoms with Crippen molar-refractivity contribution < 1.29 is 16.8 Å². The van der Waals surface area contributed by atoms with Crippen LogP contribution >= 0.6 is 0 Å². The summed E-state index contributed by atoms with van der Waals surface area (Å²) in [6.07, 6.45) is 5.67. The van der Waals surface area contributed by atoms with Crippen molar-refractivity contribution in [1.82, 2.24) is 18.2 Å². The van der Waals surface area contributed by atoms with Crippen LogP contribution in [0.25, 0.3) is 0 Å². The SMILES string of the molecule is Cc1nc(S(=O)(=O)N2CCN(S(=O)(=O)CCC3CCC3)CC2)cn1C. The molecule has 0 N–H and O–H groups in total. The molecule has 0 radical (unpaired) electrons. The van der Waals surface area contributed by atoms with Crippen molar-refractivity contribution in [3.63, 3.8) is 0 Å². The Morgan fingerprint density at radius 3 is 2.16 bits per heavy atom. The van der Waals surface area contributed by atoms with E-state index in [9.17, 15) is 16.8 Å². The summed E-state index contributed by atoms with van der Waals surface area (Å²) in [5, 5.41) is 0.0220. The van der Waals surface area contributed by atoms with Crippen LogP contribution < -0.4 is 0 Å². The predicted octanol–water partition coefficient (Wildman–Crippen LogP) is 0.555. The number of rotatable bonds is 6. The highest BCUT2D eigenvalue weighted by Crippen LogP contribution is 2.30. The van der Waals surface area contributed by atoms with Crippen LogP contribution in [-0.4, -0.2) is 66.9 Å². The Kier molecular flexibility index (Phi) is 5.25. The van der Waals surface area contributed by atoms with E-state index in [-0.39, 0.29) is 37.0 Å². The van der Waals surface area contributed by atoms with Crippen LogP contribution in [0.2, 0.25) is 0 Å². The highest BCUT2D eigenvalue weighted by molar-refractivity contribution is 7.89. The molecule has 1 aromatic rings. The second-order valence-electron chi connectivity index (χ2n) is 6.94. The molecule has 0 aromatic carbocycles. The van der Waals surface area contributed by atoms with Gasteiger partial charge in [-0.1, -0.05) is 19.3 Å². The number of hydrogen-bond acceptors (Lipinski definition) is 5. The van der Waals surface area contributed by atoms with E-state index >= 15 is 0 Å². The number of piperazine rings is 1. The van der Waals surface area contributed by atoms with Crippen LogP contribution in [0.4, 0.5) is 0 Å². The fourth-order valence-electron chi connectivity index (χ4n) is 3.20. The average Bonchev–Trinajstić information content (AvgIpc) is 2.86. The number of hydrogen-bond donors (Lipinski definition) is 0. The summed E-state index contributed by atoms with van der Waals surface area (Å²) in [5.74, 6) is 1.34. The summed E-state index contributed by atoms with van der Waals surface area (Å²) in [6.45, 7) is 2.49. The summed E-state index contributed by atoms with van der Waals surface area (Å²) >= 11 is 0. The lowest BCUT2D eigenvalue weighted by Crippen LogP contribution is -2.51. The Morgan fingerprint density at radius 2 is 1.68 bits per heavy atom. The zero-order chi connectivity index (χ0) is 18.2. The van der Waals surface area contributed by atoms with E-state index in [4.69, 9.17) is 0 Å². The Balaban J connectivity index is 1.60. The third-order valence-electron chi connectivity index (χ3n) is 5.29. The van der Waals surface area contributed by atoms with E-state index < -0.39 is 20.0 Å². The second-order valence-corrected chi connectivity index (χ2v) is 10.9. The van der Waals surface area contributed by atoms with Crippen LogP contribution in [0.1, 0.15) is 31.5 Å². The fourth-order valence-corrected chi connectivity index (χ4v) is 6.25. The Labute approximate surface area is 149 Å². The Morgan fingerprint density at radius 1 is 1.08 bits per heavy atom. The van der Waals surface area contributed by atoms with E-state index in [0.29, 0.717) is 18.2 Å². The van der Waals surface area contributed by atoms with E-state index in [1.807, 2.05) is 0 Å². The summed E-state index contributed by atoms with van der Waals surface area (Å²) in [7, 11) is -5.23. The van der Waals surface area contributed by atoms with Crippen molar-refractivity contribution in [1.29, 1.82) is 0 Å². The molecule has 142 valence electrons. The maximum atomic E-state index is 12.7. The minimum atomic E-state index is -3.67. The minimum absolute atomic E-state index is 0.0220. The smallest absolute Gasteiger partial charge is 0.262 e. The zero-order valence-electron chi connectivity index (χ0n) is 14.8. The summed E-state index contributed by atoms with van der Waals surface area (Å²) < 4.78 is 54.6. The third kappa shape index (κ3) is 3.91. The first-order valence-corrected chi connectivity index (χ1v) is 11.7. The molecule has 0 bridgehead atoms.